The smallest absolute Gasteiger partial charge is 0.209 e. The summed E-state index contributed by atoms with van der Waals surface area (Å²) in [5.74, 6) is 0.526. The Kier molecular flexibility index (Phi) is 5.11. The van der Waals surface area contributed by atoms with E-state index in [-0.39, 0.29) is 5.82 Å². The Balaban J connectivity index is 1.77. The number of aromatic nitrogens is 3. The van der Waals surface area contributed by atoms with Crippen LogP contribution in [0, 0.1) is 5.82 Å². The Labute approximate surface area is 151 Å². The lowest BCUT2D eigenvalue weighted by molar-refractivity contribution is 0.617. The molecule has 3 aromatic rings. The standard InChI is InChI=1S/C15H9Cl3FN3S/c16-9-4-8(5-10(17)6-9)14-20-15(22-21-14)23-7-11-12(18)2-1-3-13(11)19/h1-6H,7H2,(H,20,21,22). The van der Waals surface area contributed by atoms with Crippen LogP contribution in [0.1, 0.15) is 5.56 Å². The van der Waals surface area contributed by atoms with E-state index in [4.69, 9.17) is 34.8 Å². The minimum absolute atomic E-state index is 0.332. The average molecular weight is 389 g/mol. The highest BCUT2D eigenvalue weighted by Gasteiger charge is 2.11. The molecule has 0 unspecified atom stereocenters. The molecule has 3 rings (SSSR count). The van der Waals surface area contributed by atoms with Gasteiger partial charge in [-0.1, -0.05) is 52.6 Å². The number of rotatable bonds is 4. The van der Waals surface area contributed by atoms with E-state index in [1.165, 1.54) is 17.8 Å². The van der Waals surface area contributed by atoms with Gasteiger partial charge in [0.2, 0.25) is 5.16 Å². The number of nitrogens with one attached hydrogen (secondary N) is 1. The zero-order chi connectivity index (χ0) is 16.4. The molecule has 0 amide bonds. The Bertz CT molecular complexity index is 813. The molecule has 0 aliphatic rings. The zero-order valence-electron chi connectivity index (χ0n) is 11.5. The highest BCUT2D eigenvalue weighted by atomic mass is 35.5. The van der Waals surface area contributed by atoms with E-state index in [9.17, 15) is 4.39 Å². The number of H-pyrrole nitrogens is 1. The van der Waals surface area contributed by atoms with Gasteiger partial charge in [0.1, 0.15) is 5.82 Å². The molecule has 3 nitrogen and oxygen atoms in total. The first-order valence-corrected chi connectivity index (χ1v) is 8.59. The molecular formula is C15H9Cl3FN3S. The maximum atomic E-state index is 13.7. The molecule has 0 aliphatic heterocycles. The summed E-state index contributed by atoms with van der Waals surface area (Å²) < 4.78 is 13.7. The lowest BCUT2D eigenvalue weighted by Gasteiger charge is -2.03. The molecule has 0 fully saturated rings. The SMILES string of the molecule is Fc1cccc(Cl)c1CSc1n[nH]c(-c2cc(Cl)cc(Cl)c2)n1. The van der Waals surface area contributed by atoms with Crippen LogP contribution in [0.15, 0.2) is 41.6 Å². The van der Waals surface area contributed by atoms with Crippen LogP contribution in [0.5, 0.6) is 0 Å². The molecule has 0 radical (unpaired) electrons. The Morgan fingerprint density at radius 2 is 1.83 bits per heavy atom. The second kappa shape index (κ2) is 7.09. The van der Waals surface area contributed by atoms with Crippen LogP contribution in [0.2, 0.25) is 15.1 Å². The van der Waals surface area contributed by atoms with Crippen LogP contribution in [-0.2, 0) is 5.75 Å². The molecule has 0 atom stereocenters. The first-order valence-electron chi connectivity index (χ1n) is 6.47. The average Bonchev–Trinajstić information content (AvgIpc) is 2.95. The number of nitrogens with zero attached hydrogens (tertiary/aromatic N) is 2. The van der Waals surface area contributed by atoms with Crippen molar-refractivity contribution in [1.29, 1.82) is 0 Å². The van der Waals surface area contributed by atoms with Gasteiger partial charge in [-0.05, 0) is 30.3 Å². The summed E-state index contributed by atoms with van der Waals surface area (Å²) in [6, 6.07) is 9.70. The van der Waals surface area contributed by atoms with Crippen molar-refractivity contribution in [3.05, 3.63) is 62.8 Å². The maximum Gasteiger partial charge on any atom is 0.209 e. The largest absolute Gasteiger partial charge is 0.258 e. The van der Waals surface area contributed by atoms with Gasteiger partial charge in [0.15, 0.2) is 5.82 Å². The predicted octanol–water partition coefficient (Wildman–Crippen LogP) is 5.86. The molecule has 1 aromatic heterocycles. The molecule has 0 saturated carbocycles. The zero-order valence-corrected chi connectivity index (χ0v) is 14.6. The Morgan fingerprint density at radius 1 is 1.09 bits per heavy atom. The monoisotopic (exact) mass is 387 g/mol. The van der Waals surface area contributed by atoms with E-state index in [2.05, 4.69) is 15.2 Å². The molecule has 0 saturated heterocycles. The van der Waals surface area contributed by atoms with Crippen molar-refractivity contribution in [2.75, 3.05) is 0 Å². The lowest BCUT2D eigenvalue weighted by Crippen LogP contribution is -1.89. The van der Waals surface area contributed by atoms with Crippen LogP contribution in [-0.4, -0.2) is 15.2 Å². The van der Waals surface area contributed by atoms with E-state index in [1.807, 2.05) is 0 Å². The van der Waals surface area contributed by atoms with Crippen molar-refractivity contribution in [3.8, 4) is 11.4 Å². The second-order valence-corrected chi connectivity index (χ2v) is 6.84. The number of benzene rings is 2. The molecule has 8 heteroatoms. The molecule has 23 heavy (non-hydrogen) atoms. The first-order chi connectivity index (χ1) is 11.0. The third-order valence-corrected chi connectivity index (χ3v) is 4.67. The summed E-state index contributed by atoms with van der Waals surface area (Å²) in [5.41, 5.74) is 1.15. The molecule has 0 aliphatic carbocycles. The van der Waals surface area contributed by atoms with Crippen LogP contribution < -0.4 is 0 Å². The van der Waals surface area contributed by atoms with Gasteiger partial charge in [-0.15, -0.1) is 5.10 Å². The van der Waals surface area contributed by atoms with Crippen LogP contribution in [0.4, 0.5) is 4.39 Å². The molecule has 0 spiro atoms. The fraction of sp³-hybridized carbons (Fsp3) is 0.0667. The van der Waals surface area contributed by atoms with Crippen molar-refractivity contribution in [1.82, 2.24) is 15.2 Å². The summed E-state index contributed by atoms with van der Waals surface area (Å²) in [6.45, 7) is 0. The number of thioether (sulfide) groups is 1. The summed E-state index contributed by atoms with van der Waals surface area (Å²) in [6.07, 6.45) is 0. The van der Waals surface area contributed by atoms with Gasteiger partial charge in [0.25, 0.3) is 0 Å². The summed E-state index contributed by atoms with van der Waals surface area (Å²) in [7, 11) is 0. The summed E-state index contributed by atoms with van der Waals surface area (Å²) in [5, 5.41) is 8.80. The molecule has 1 heterocycles. The maximum absolute atomic E-state index is 13.7. The Morgan fingerprint density at radius 3 is 2.52 bits per heavy atom. The van der Waals surface area contributed by atoms with Gasteiger partial charge in [0.05, 0.1) is 0 Å². The van der Waals surface area contributed by atoms with Crippen molar-refractivity contribution >= 4 is 46.6 Å². The minimum Gasteiger partial charge on any atom is -0.258 e. The van der Waals surface area contributed by atoms with E-state index < -0.39 is 0 Å². The fourth-order valence-electron chi connectivity index (χ4n) is 1.94. The third kappa shape index (κ3) is 3.98. The van der Waals surface area contributed by atoms with Gasteiger partial charge < -0.3 is 0 Å². The fourth-order valence-corrected chi connectivity index (χ4v) is 3.61. The van der Waals surface area contributed by atoms with E-state index in [0.717, 1.165) is 5.56 Å². The second-order valence-electron chi connectivity index (χ2n) is 4.61. The van der Waals surface area contributed by atoms with E-state index in [0.29, 0.717) is 37.4 Å². The molecular weight excluding hydrogens is 380 g/mol. The van der Waals surface area contributed by atoms with Gasteiger partial charge >= 0.3 is 0 Å². The van der Waals surface area contributed by atoms with E-state index in [1.54, 1.807) is 30.3 Å². The highest BCUT2D eigenvalue weighted by molar-refractivity contribution is 7.98. The van der Waals surface area contributed by atoms with Crippen molar-refractivity contribution in [2.24, 2.45) is 0 Å². The number of hydrogen-bond donors (Lipinski definition) is 1. The van der Waals surface area contributed by atoms with E-state index >= 15 is 0 Å². The van der Waals surface area contributed by atoms with Crippen LogP contribution in [0.3, 0.4) is 0 Å². The quantitative estimate of drug-likeness (QED) is 0.569. The van der Waals surface area contributed by atoms with Gasteiger partial charge in [-0.25, -0.2) is 9.37 Å². The van der Waals surface area contributed by atoms with Crippen molar-refractivity contribution < 1.29 is 4.39 Å². The molecule has 1 N–H and O–H groups in total. The van der Waals surface area contributed by atoms with Gasteiger partial charge in [0, 0.05) is 31.9 Å². The van der Waals surface area contributed by atoms with Gasteiger partial charge in [-0.2, -0.15) is 0 Å². The van der Waals surface area contributed by atoms with Crippen LogP contribution >= 0.6 is 46.6 Å². The molecule has 2 aromatic carbocycles. The molecule has 0 bridgehead atoms. The normalized spacial score (nSPS) is 11.0. The van der Waals surface area contributed by atoms with Gasteiger partial charge in [-0.3, -0.25) is 5.10 Å². The summed E-state index contributed by atoms with van der Waals surface area (Å²) in [4.78, 5) is 4.35. The summed E-state index contributed by atoms with van der Waals surface area (Å²) >= 11 is 19.2. The number of hydrogen-bond acceptors (Lipinski definition) is 3. The predicted molar refractivity (Wildman–Crippen MR) is 92.8 cm³/mol. The highest BCUT2D eigenvalue weighted by Crippen LogP contribution is 2.29. The number of halogens is 4. The third-order valence-electron chi connectivity index (χ3n) is 3.01. The van der Waals surface area contributed by atoms with Crippen molar-refractivity contribution in [3.63, 3.8) is 0 Å². The Hall–Kier alpha value is -1.27. The first kappa shape index (κ1) is 16.6. The van der Waals surface area contributed by atoms with Crippen molar-refractivity contribution in [2.45, 2.75) is 10.9 Å². The molecule has 118 valence electrons. The van der Waals surface area contributed by atoms with Crippen LogP contribution in [0.25, 0.3) is 11.4 Å². The minimum atomic E-state index is -0.345. The topological polar surface area (TPSA) is 41.6 Å². The number of aromatic amines is 1. The lowest BCUT2D eigenvalue weighted by atomic mass is 10.2.